The highest BCUT2D eigenvalue weighted by Crippen LogP contribution is 2.37. The molecule has 88 valence electrons. The van der Waals surface area contributed by atoms with E-state index in [9.17, 15) is 0 Å². The van der Waals surface area contributed by atoms with E-state index in [4.69, 9.17) is 0 Å². The average Bonchev–Trinajstić information content (AvgIpc) is 2.76. The van der Waals surface area contributed by atoms with E-state index in [1.807, 2.05) is 7.05 Å². The molecule has 1 fully saturated rings. The van der Waals surface area contributed by atoms with E-state index in [1.165, 1.54) is 24.8 Å². The second-order valence-electron chi connectivity index (χ2n) is 4.41. The second-order valence-corrected chi connectivity index (χ2v) is 5.39. The van der Waals surface area contributed by atoms with Crippen molar-refractivity contribution in [3.05, 3.63) is 29.8 Å². The minimum atomic E-state index is 0.798. The van der Waals surface area contributed by atoms with Crippen molar-refractivity contribution in [2.75, 3.05) is 12.4 Å². The molecule has 1 saturated carbocycles. The fourth-order valence-corrected chi connectivity index (χ4v) is 2.78. The van der Waals surface area contributed by atoms with Crippen LogP contribution in [-0.2, 0) is 0 Å². The summed E-state index contributed by atoms with van der Waals surface area (Å²) in [6.45, 7) is 0. The Hall–Kier alpha value is -1.42. The lowest BCUT2D eigenvalue weighted by Gasteiger charge is -2.25. The minimum absolute atomic E-state index is 0.798. The maximum absolute atomic E-state index is 4.17. The fourth-order valence-electron chi connectivity index (χ4n) is 2.08. The summed E-state index contributed by atoms with van der Waals surface area (Å²) in [6.07, 6.45) is 4.08. The summed E-state index contributed by atoms with van der Waals surface area (Å²) in [7, 11) is 1.87. The van der Waals surface area contributed by atoms with Gasteiger partial charge in [-0.25, -0.2) is 0 Å². The summed E-state index contributed by atoms with van der Waals surface area (Å²) in [5.74, 6) is 0.798. The van der Waals surface area contributed by atoms with Crippen LogP contribution in [0.2, 0.25) is 0 Å². The number of aromatic nitrogens is 2. The summed E-state index contributed by atoms with van der Waals surface area (Å²) >= 11 is 1.59. The number of hydrogen-bond acceptors (Lipinski definition) is 4. The predicted octanol–water partition coefficient (Wildman–Crippen LogP) is 3.51. The highest BCUT2D eigenvalue weighted by molar-refractivity contribution is 7.18. The Bertz CT molecular complexity index is 500. The number of anilines is 1. The molecule has 3 nitrogen and oxygen atoms in total. The third-order valence-electron chi connectivity index (χ3n) is 3.37. The fraction of sp³-hybridized carbons (Fsp3) is 0.385. The lowest BCUT2D eigenvalue weighted by atomic mass is 9.80. The molecule has 2 aromatic rings. The van der Waals surface area contributed by atoms with Crippen LogP contribution in [0.5, 0.6) is 0 Å². The Balaban J connectivity index is 1.83. The minimum Gasteiger partial charge on any atom is -0.363 e. The molecule has 1 aromatic heterocycles. The third-order valence-corrected chi connectivity index (χ3v) is 4.36. The largest absolute Gasteiger partial charge is 0.363 e. The van der Waals surface area contributed by atoms with Gasteiger partial charge in [0.25, 0.3) is 0 Å². The van der Waals surface area contributed by atoms with E-state index in [-0.39, 0.29) is 0 Å². The van der Waals surface area contributed by atoms with Crippen molar-refractivity contribution in [3.63, 3.8) is 0 Å². The molecule has 0 atom stereocenters. The second kappa shape index (κ2) is 4.45. The average molecular weight is 245 g/mol. The molecule has 0 unspecified atom stereocenters. The molecule has 1 N–H and O–H groups in total. The highest BCUT2D eigenvalue weighted by Gasteiger charge is 2.19. The van der Waals surface area contributed by atoms with Crippen molar-refractivity contribution in [2.45, 2.75) is 25.2 Å². The maximum atomic E-state index is 4.17. The topological polar surface area (TPSA) is 37.8 Å². The molecule has 0 bridgehead atoms. The maximum Gasteiger partial charge on any atom is 0.205 e. The van der Waals surface area contributed by atoms with Gasteiger partial charge >= 0.3 is 0 Å². The van der Waals surface area contributed by atoms with E-state index in [2.05, 4.69) is 39.8 Å². The van der Waals surface area contributed by atoms with Gasteiger partial charge in [-0.3, -0.25) is 0 Å². The van der Waals surface area contributed by atoms with Crippen molar-refractivity contribution in [1.82, 2.24) is 10.2 Å². The first-order chi connectivity index (χ1) is 8.36. The molecule has 1 aliphatic rings. The van der Waals surface area contributed by atoms with Crippen LogP contribution in [-0.4, -0.2) is 17.2 Å². The van der Waals surface area contributed by atoms with Crippen LogP contribution < -0.4 is 5.32 Å². The molecule has 0 saturated heterocycles. The number of nitrogens with zero attached hydrogens (tertiary/aromatic N) is 2. The zero-order chi connectivity index (χ0) is 11.7. The van der Waals surface area contributed by atoms with Gasteiger partial charge in [-0.15, -0.1) is 10.2 Å². The number of benzene rings is 1. The van der Waals surface area contributed by atoms with Gasteiger partial charge in [0.2, 0.25) is 5.13 Å². The lowest BCUT2D eigenvalue weighted by molar-refractivity contribution is 0.420. The van der Waals surface area contributed by atoms with Crippen LogP contribution in [0.25, 0.3) is 10.6 Å². The summed E-state index contributed by atoms with van der Waals surface area (Å²) in [4.78, 5) is 0. The monoisotopic (exact) mass is 245 g/mol. The van der Waals surface area contributed by atoms with Crippen LogP contribution in [0, 0.1) is 0 Å². The van der Waals surface area contributed by atoms with Crippen molar-refractivity contribution >= 4 is 16.5 Å². The Kier molecular flexibility index (Phi) is 2.81. The number of rotatable bonds is 3. The third kappa shape index (κ3) is 2.05. The molecule has 1 aliphatic carbocycles. The SMILES string of the molecule is CNc1nnc(-c2ccc(C3CCC3)cc2)s1. The quantitative estimate of drug-likeness (QED) is 0.899. The Morgan fingerprint density at radius 1 is 1.18 bits per heavy atom. The van der Waals surface area contributed by atoms with Gasteiger partial charge in [0.15, 0.2) is 0 Å². The van der Waals surface area contributed by atoms with Crippen LogP contribution in [0.1, 0.15) is 30.7 Å². The Morgan fingerprint density at radius 3 is 2.47 bits per heavy atom. The van der Waals surface area contributed by atoms with E-state index >= 15 is 0 Å². The molecule has 1 aromatic carbocycles. The smallest absolute Gasteiger partial charge is 0.205 e. The van der Waals surface area contributed by atoms with Gasteiger partial charge in [-0.2, -0.15) is 0 Å². The lowest BCUT2D eigenvalue weighted by Crippen LogP contribution is -2.08. The molecule has 1 heterocycles. The van der Waals surface area contributed by atoms with E-state index in [1.54, 1.807) is 11.3 Å². The van der Waals surface area contributed by atoms with E-state index in [0.717, 1.165) is 21.6 Å². The summed E-state index contributed by atoms with van der Waals surface area (Å²) in [6, 6.07) is 8.79. The highest BCUT2D eigenvalue weighted by atomic mass is 32.1. The molecule has 4 heteroatoms. The first-order valence-corrected chi connectivity index (χ1v) is 6.80. The predicted molar refractivity (Wildman–Crippen MR) is 71.5 cm³/mol. The van der Waals surface area contributed by atoms with Gasteiger partial charge in [-0.05, 0) is 24.3 Å². The standard InChI is InChI=1S/C13H15N3S/c1-14-13-16-15-12(17-13)11-7-5-10(6-8-11)9-3-2-4-9/h5-9H,2-4H2,1H3,(H,14,16). The Morgan fingerprint density at radius 2 is 1.94 bits per heavy atom. The summed E-state index contributed by atoms with van der Waals surface area (Å²) in [5, 5.41) is 13.1. The van der Waals surface area contributed by atoms with Crippen LogP contribution in [0.15, 0.2) is 24.3 Å². The zero-order valence-corrected chi connectivity index (χ0v) is 10.6. The van der Waals surface area contributed by atoms with Gasteiger partial charge < -0.3 is 5.32 Å². The molecule has 0 radical (unpaired) electrons. The van der Waals surface area contributed by atoms with E-state index in [0.29, 0.717) is 0 Å². The van der Waals surface area contributed by atoms with Crippen molar-refractivity contribution in [3.8, 4) is 10.6 Å². The molecular formula is C13H15N3S. The van der Waals surface area contributed by atoms with Crippen LogP contribution in [0.4, 0.5) is 5.13 Å². The first-order valence-electron chi connectivity index (χ1n) is 5.98. The Labute approximate surface area is 105 Å². The first kappa shape index (κ1) is 10.7. The molecule has 0 spiro atoms. The van der Waals surface area contributed by atoms with Crippen molar-refractivity contribution < 1.29 is 0 Å². The van der Waals surface area contributed by atoms with E-state index < -0.39 is 0 Å². The number of nitrogens with one attached hydrogen (secondary N) is 1. The van der Waals surface area contributed by atoms with Crippen molar-refractivity contribution in [1.29, 1.82) is 0 Å². The molecule has 17 heavy (non-hydrogen) atoms. The van der Waals surface area contributed by atoms with Crippen molar-refractivity contribution in [2.24, 2.45) is 0 Å². The summed E-state index contributed by atoms with van der Waals surface area (Å²) < 4.78 is 0. The van der Waals surface area contributed by atoms with Gasteiger partial charge in [-0.1, -0.05) is 42.0 Å². The normalized spacial score (nSPS) is 15.6. The molecule has 0 aliphatic heterocycles. The van der Waals surface area contributed by atoms with Crippen LogP contribution >= 0.6 is 11.3 Å². The summed E-state index contributed by atoms with van der Waals surface area (Å²) in [5.41, 5.74) is 2.63. The number of hydrogen-bond donors (Lipinski definition) is 1. The zero-order valence-electron chi connectivity index (χ0n) is 9.81. The van der Waals surface area contributed by atoms with Gasteiger partial charge in [0.1, 0.15) is 5.01 Å². The van der Waals surface area contributed by atoms with Gasteiger partial charge in [0.05, 0.1) is 0 Å². The molecular weight excluding hydrogens is 230 g/mol. The molecule has 3 rings (SSSR count). The van der Waals surface area contributed by atoms with Crippen LogP contribution in [0.3, 0.4) is 0 Å². The molecule has 0 amide bonds. The van der Waals surface area contributed by atoms with Gasteiger partial charge in [0, 0.05) is 12.6 Å².